The van der Waals surface area contributed by atoms with Gasteiger partial charge in [-0.3, -0.25) is 9.69 Å². The molecule has 0 fully saturated rings. The first-order valence-electron chi connectivity index (χ1n) is 10.6. The van der Waals surface area contributed by atoms with Gasteiger partial charge in [0, 0.05) is 12.6 Å². The molecule has 1 amide bonds. The number of ether oxygens (including phenoxy) is 2. The lowest BCUT2D eigenvalue weighted by Crippen LogP contribution is -2.32. The summed E-state index contributed by atoms with van der Waals surface area (Å²) in [6, 6.07) is 9.80. The summed E-state index contributed by atoms with van der Waals surface area (Å²) < 4.78 is 11.8. The lowest BCUT2D eigenvalue weighted by atomic mass is 10.1. The van der Waals surface area contributed by atoms with Crippen molar-refractivity contribution < 1.29 is 14.3 Å². The Morgan fingerprint density at radius 2 is 1.79 bits per heavy atom. The molecule has 0 unspecified atom stereocenters. The SMILES string of the molecule is COc1ccc(C=CC(=O)N(CCCN(C)C)c2nc3cc(C)cc(C)c3s2)cc1OC.Cl. The van der Waals surface area contributed by atoms with Crippen LogP contribution in [0.5, 0.6) is 11.5 Å². The van der Waals surface area contributed by atoms with Crippen molar-refractivity contribution in [1.82, 2.24) is 9.88 Å². The van der Waals surface area contributed by atoms with Crippen molar-refractivity contribution in [3.8, 4) is 11.5 Å². The number of benzene rings is 2. The molecule has 33 heavy (non-hydrogen) atoms. The van der Waals surface area contributed by atoms with Crippen LogP contribution >= 0.6 is 23.7 Å². The molecule has 0 atom stereocenters. The van der Waals surface area contributed by atoms with Gasteiger partial charge in [-0.2, -0.15) is 0 Å². The second-order valence-corrected chi connectivity index (χ2v) is 9.00. The first-order valence-corrected chi connectivity index (χ1v) is 11.4. The molecule has 0 spiro atoms. The van der Waals surface area contributed by atoms with E-state index >= 15 is 0 Å². The summed E-state index contributed by atoms with van der Waals surface area (Å²) in [4.78, 5) is 21.9. The zero-order chi connectivity index (χ0) is 23.3. The van der Waals surface area contributed by atoms with Crippen LogP contribution in [-0.2, 0) is 4.79 Å². The summed E-state index contributed by atoms with van der Waals surface area (Å²) >= 11 is 1.57. The summed E-state index contributed by atoms with van der Waals surface area (Å²) in [6.07, 6.45) is 4.25. The van der Waals surface area contributed by atoms with Crippen LogP contribution in [0.2, 0.25) is 0 Å². The minimum absolute atomic E-state index is 0. The van der Waals surface area contributed by atoms with Crippen molar-refractivity contribution in [1.29, 1.82) is 0 Å². The van der Waals surface area contributed by atoms with Gasteiger partial charge in [-0.1, -0.05) is 23.5 Å². The number of methoxy groups -OCH3 is 2. The van der Waals surface area contributed by atoms with Crippen LogP contribution < -0.4 is 14.4 Å². The van der Waals surface area contributed by atoms with Gasteiger partial charge in [0.2, 0.25) is 0 Å². The molecular weight excluding hydrogens is 458 g/mol. The maximum absolute atomic E-state index is 13.2. The third-order valence-corrected chi connectivity index (χ3v) is 6.35. The molecule has 0 aliphatic heterocycles. The van der Waals surface area contributed by atoms with Crippen LogP contribution in [0.25, 0.3) is 16.3 Å². The number of halogens is 1. The molecule has 0 aliphatic rings. The normalized spacial score (nSPS) is 11.1. The molecule has 0 N–H and O–H groups in total. The quantitative estimate of drug-likeness (QED) is 0.379. The topological polar surface area (TPSA) is 54.9 Å². The molecule has 0 saturated carbocycles. The number of amides is 1. The van der Waals surface area contributed by atoms with E-state index in [0.717, 1.165) is 33.9 Å². The Labute approximate surface area is 206 Å². The molecule has 2 aromatic carbocycles. The molecule has 3 aromatic rings. The van der Waals surface area contributed by atoms with Crippen LogP contribution in [0.1, 0.15) is 23.1 Å². The summed E-state index contributed by atoms with van der Waals surface area (Å²) in [7, 11) is 7.27. The summed E-state index contributed by atoms with van der Waals surface area (Å²) in [6.45, 7) is 5.65. The van der Waals surface area contributed by atoms with Gasteiger partial charge in [-0.05, 0) is 81.9 Å². The fraction of sp³-hybridized carbons (Fsp3) is 0.360. The molecule has 1 heterocycles. The maximum Gasteiger partial charge on any atom is 0.252 e. The van der Waals surface area contributed by atoms with Crippen molar-refractivity contribution in [3.63, 3.8) is 0 Å². The van der Waals surface area contributed by atoms with E-state index in [1.165, 1.54) is 11.1 Å². The van der Waals surface area contributed by atoms with Crippen molar-refractivity contribution in [2.45, 2.75) is 20.3 Å². The summed E-state index contributed by atoms with van der Waals surface area (Å²) in [5, 5.41) is 0.731. The molecule has 6 nitrogen and oxygen atoms in total. The molecule has 0 aliphatic carbocycles. The number of fused-ring (bicyclic) bond motifs is 1. The Balaban J connectivity index is 0.00000385. The minimum Gasteiger partial charge on any atom is -0.493 e. The average molecular weight is 490 g/mol. The number of rotatable bonds is 9. The Morgan fingerprint density at radius 1 is 1.06 bits per heavy atom. The number of aromatic nitrogens is 1. The first kappa shape index (κ1) is 26.6. The van der Waals surface area contributed by atoms with E-state index < -0.39 is 0 Å². The number of hydrogen-bond acceptors (Lipinski definition) is 6. The molecule has 0 saturated heterocycles. The number of thiazole rings is 1. The molecule has 178 valence electrons. The van der Waals surface area contributed by atoms with Crippen molar-refractivity contribution >= 4 is 51.1 Å². The predicted molar refractivity (Wildman–Crippen MR) is 140 cm³/mol. The van der Waals surface area contributed by atoms with Crippen LogP contribution in [0.15, 0.2) is 36.4 Å². The van der Waals surface area contributed by atoms with Crippen LogP contribution in [0, 0.1) is 13.8 Å². The maximum atomic E-state index is 13.2. The average Bonchev–Trinajstić information content (AvgIpc) is 3.18. The first-order chi connectivity index (χ1) is 15.3. The van der Waals surface area contributed by atoms with Crippen LogP contribution in [0.3, 0.4) is 0 Å². The van der Waals surface area contributed by atoms with Gasteiger partial charge in [0.05, 0.1) is 24.4 Å². The highest BCUT2D eigenvalue weighted by Crippen LogP contribution is 2.33. The summed E-state index contributed by atoms with van der Waals surface area (Å²) in [5.74, 6) is 1.19. The number of anilines is 1. The molecule has 3 rings (SSSR count). The third kappa shape index (κ3) is 6.69. The Morgan fingerprint density at radius 3 is 2.45 bits per heavy atom. The lowest BCUT2D eigenvalue weighted by molar-refractivity contribution is -0.114. The summed E-state index contributed by atoms with van der Waals surface area (Å²) in [5.41, 5.74) is 4.16. The van der Waals surface area contributed by atoms with Crippen LogP contribution in [-0.4, -0.2) is 57.2 Å². The van der Waals surface area contributed by atoms with Gasteiger partial charge in [0.25, 0.3) is 5.91 Å². The van der Waals surface area contributed by atoms with E-state index in [1.807, 2.05) is 32.3 Å². The number of carbonyl (C=O) groups is 1. The molecule has 1 aromatic heterocycles. The van der Waals surface area contributed by atoms with Crippen molar-refractivity contribution in [3.05, 3.63) is 53.1 Å². The second-order valence-electron chi connectivity index (χ2n) is 8.02. The highest BCUT2D eigenvalue weighted by molar-refractivity contribution is 7.22. The fourth-order valence-corrected chi connectivity index (χ4v) is 4.59. The van der Waals surface area contributed by atoms with E-state index in [1.54, 1.807) is 42.6 Å². The van der Waals surface area contributed by atoms with E-state index in [9.17, 15) is 4.79 Å². The van der Waals surface area contributed by atoms with E-state index in [-0.39, 0.29) is 18.3 Å². The minimum atomic E-state index is -0.0908. The predicted octanol–water partition coefficient (Wildman–Crippen LogP) is 5.35. The van der Waals surface area contributed by atoms with Gasteiger partial charge in [0.1, 0.15) is 0 Å². The van der Waals surface area contributed by atoms with Gasteiger partial charge >= 0.3 is 0 Å². The molecule has 8 heteroatoms. The Bertz CT molecular complexity index is 1130. The second kappa shape index (κ2) is 12.0. The van der Waals surface area contributed by atoms with Crippen molar-refractivity contribution in [2.75, 3.05) is 46.3 Å². The van der Waals surface area contributed by atoms with E-state index in [0.29, 0.717) is 18.0 Å². The fourth-order valence-electron chi connectivity index (χ4n) is 3.54. The van der Waals surface area contributed by atoms with Gasteiger partial charge in [0.15, 0.2) is 16.6 Å². The molecule has 0 bridgehead atoms. The highest BCUT2D eigenvalue weighted by Gasteiger charge is 2.19. The Hall–Kier alpha value is -2.61. The molecule has 0 radical (unpaired) electrons. The Kier molecular flexibility index (Phi) is 9.70. The smallest absolute Gasteiger partial charge is 0.252 e. The number of hydrogen-bond donors (Lipinski definition) is 0. The zero-order valence-electron chi connectivity index (χ0n) is 20.0. The van der Waals surface area contributed by atoms with Crippen LogP contribution in [0.4, 0.5) is 5.13 Å². The third-order valence-electron chi connectivity index (χ3n) is 5.12. The number of carbonyl (C=O) groups excluding carboxylic acids is 1. The van der Waals surface area contributed by atoms with Gasteiger partial charge in [-0.25, -0.2) is 4.98 Å². The standard InChI is InChI=1S/C25H31N3O3S.ClH/c1-17-14-18(2)24-20(15-17)26-25(32-24)28(13-7-12-27(3)4)23(29)11-9-19-8-10-21(30-5)22(16-19)31-6;/h8-11,14-16H,7,12-13H2,1-6H3;1H. The lowest BCUT2D eigenvalue weighted by Gasteiger charge is -2.19. The largest absolute Gasteiger partial charge is 0.493 e. The van der Waals surface area contributed by atoms with Crippen molar-refractivity contribution in [2.24, 2.45) is 0 Å². The van der Waals surface area contributed by atoms with E-state index in [2.05, 4.69) is 30.9 Å². The monoisotopic (exact) mass is 489 g/mol. The molecular formula is C25H32ClN3O3S. The van der Waals surface area contributed by atoms with E-state index in [4.69, 9.17) is 14.5 Å². The zero-order valence-corrected chi connectivity index (χ0v) is 21.7. The number of aryl methyl sites for hydroxylation is 2. The highest BCUT2D eigenvalue weighted by atomic mass is 35.5. The van der Waals surface area contributed by atoms with Gasteiger partial charge in [-0.15, -0.1) is 12.4 Å². The van der Waals surface area contributed by atoms with Gasteiger partial charge < -0.3 is 14.4 Å². The number of nitrogens with zero attached hydrogens (tertiary/aromatic N) is 3.